The lowest BCUT2D eigenvalue weighted by Gasteiger charge is -2.34. The van der Waals surface area contributed by atoms with Crippen molar-refractivity contribution in [2.45, 2.75) is 37.5 Å². The Bertz CT molecular complexity index is 327. The van der Waals surface area contributed by atoms with Gasteiger partial charge in [0.15, 0.2) is 0 Å². The molecule has 0 unspecified atom stereocenters. The lowest BCUT2D eigenvalue weighted by atomic mass is 10.1. The number of nitrogens with zero attached hydrogens (tertiary/aromatic N) is 1. The summed E-state index contributed by atoms with van der Waals surface area (Å²) in [5, 5.41) is 0. The Hall–Kier alpha value is -0.960. The van der Waals surface area contributed by atoms with E-state index < -0.39 is 18.0 Å². The van der Waals surface area contributed by atoms with Crippen LogP contribution in [0.3, 0.4) is 0 Å². The number of amides is 1. The molecule has 1 aliphatic rings. The monoisotopic (exact) mass is 304 g/mol. The molecule has 1 aliphatic heterocycles. The molecule has 1 fully saturated rings. The highest BCUT2D eigenvalue weighted by Gasteiger charge is 2.64. The van der Waals surface area contributed by atoms with Crippen LogP contribution in [0, 0.1) is 0 Å². The molecule has 0 radical (unpaired) electrons. The summed E-state index contributed by atoms with van der Waals surface area (Å²) >= 11 is 0. The van der Waals surface area contributed by atoms with E-state index in [0.29, 0.717) is 24.5 Å². The van der Waals surface area contributed by atoms with Gasteiger partial charge in [0.05, 0.1) is 6.10 Å². The Morgan fingerprint density at radius 1 is 1.20 bits per heavy atom. The fourth-order valence-electron chi connectivity index (χ4n) is 1.88. The third-order valence-corrected chi connectivity index (χ3v) is 3.06. The first-order valence-corrected chi connectivity index (χ1v) is 6.25. The van der Waals surface area contributed by atoms with Gasteiger partial charge in [-0.2, -0.15) is 22.0 Å². The van der Waals surface area contributed by atoms with E-state index in [4.69, 9.17) is 10.5 Å². The molecule has 0 aromatic rings. The second-order valence-electron chi connectivity index (χ2n) is 4.58. The summed E-state index contributed by atoms with van der Waals surface area (Å²) in [6, 6.07) is 0. The van der Waals surface area contributed by atoms with E-state index in [-0.39, 0.29) is 32.0 Å². The molecule has 9 heteroatoms. The van der Waals surface area contributed by atoms with Crippen LogP contribution < -0.4 is 5.73 Å². The summed E-state index contributed by atoms with van der Waals surface area (Å²) in [5.41, 5.74) is 5.27. The SMILES string of the molecule is NCCCOC1CCN(C(=O)C(F)(F)C(F)(F)F)CC1. The summed E-state index contributed by atoms with van der Waals surface area (Å²) in [5.74, 6) is -7.52. The lowest BCUT2D eigenvalue weighted by molar-refractivity contribution is -0.275. The van der Waals surface area contributed by atoms with Gasteiger partial charge in [-0.3, -0.25) is 4.79 Å². The van der Waals surface area contributed by atoms with E-state index in [0.717, 1.165) is 0 Å². The second-order valence-corrected chi connectivity index (χ2v) is 4.58. The number of carbonyl (C=O) groups excluding carboxylic acids is 1. The molecular weight excluding hydrogens is 287 g/mol. The second kappa shape index (κ2) is 6.66. The van der Waals surface area contributed by atoms with Gasteiger partial charge in [0.25, 0.3) is 0 Å². The number of hydrogen-bond donors (Lipinski definition) is 1. The zero-order chi connectivity index (χ0) is 15.4. The molecule has 2 N–H and O–H groups in total. The van der Waals surface area contributed by atoms with Crippen molar-refractivity contribution in [2.24, 2.45) is 5.73 Å². The minimum atomic E-state index is -5.86. The molecule has 0 aromatic heterocycles. The fourth-order valence-corrected chi connectivity index (χ4v) is 1.88. The number of nitrogens with two attached hydrogens (primary N) is 1. The van der Waals surface area contributed by atoms with Crippen molar-refractivity contribution in [3.63, 3.8) is 0 Å². The summed E-state index contributed by atoms with van der Waals surface area (Å²) in [4.78, 5) is 11.8. The minimum absolute atomic E-state index is 0.169. The van der Waals surface area contributed by atoms with Crippen LogP contribution in [-0.2, 0) is 9.53 Å². The number of ether oxygens (including phenoxy) is 1. The third kappa shape index (κ3) is 4.02. The maximum absolute atomic E-state index is 12.9. The van der Waals surface area contributed by atoms with Crippen molar-refractivity contribution in [3.8, 4) is 0 Å². The van der Waals surface area contributed by atoms with Crippen molar-refractivity contribution in [1.29, 1.82) is 0 Å². The molecule has 0 bridgehead atoms. The van der Waals surface area contributed by atoms with E-state index in [2.05, 4.69) is 0 Å². The van der Waals surface area contributed by atoms with Crippen LogP contribution in [0.4, 0.5) is 22.0 Å². The van der Waals surface area contributed by atoms with Crippen molar-refractivity contribution >= 4 is 5.91 Å². The smallest absolute Gasteiger partial charge is 0.378 e. The number of alkyl halides is 5. The largest absolute Gasteiger partial charge is 0.463 e. The van der Waals surface area contributed by atoms with Crippen LogP contribution in [0.1, 0.15) is 19.3 Å². The van der Waals surface area contributed by atoms with Crippen LogP contribution in [0.2, 0.25) is 0 Å². The molecule has 0 spiro atoms. The topological polar surface area (TPSA) is 55.6 Å². The zero-order valence-corrected chi connectivity index (χ0v) is 10.8. The Morgan fingerprint density at radius 3 is 2.20 bits per heavy atom. The van der Waals surface area contributed by atoms with Crippen LogP contribution >= 0.6 is 0 Å². The Balaban J connectivity index is 2.47. The molecule has 118 valence electrons. The van der Waals surface area contributed by atoms with Gasteiger partial charge < -0.3 is 15.4 Å². The number of hydrogen-bond acceptors (Lipinski definition) is 3. The van der Waals surface area contributed by atoms with Crippen molar-refractivity contribution in [3.05, 3.63) is 0 Å². The molecule has 1 amide bonds. The molecule has 0 aliphatic carbocycles. The maximum atomic E-state index is 12.9. The van der Waals surface area contributed by atoms with Crippen LogP contribution in [-0.4, -0.2) is 55.3 Å². The number of rotatable bonds is 5. The lowest BCUT2D eigenvalue weighted by Crippen LogP contribution is -2.54. The molecule has 0 saturated carbocycles. The van der Waals surface area contributed by atoms with Gasteiger partial charge in [-0.1, -0.05) is 0 Å². The first-order chi connectivity index (χ1) is 9.20. The van der Waals surface area contributed by atoms with Gasteiger partial charge in [0.2, 0.25) is 0 Å². The molecule has 4 nitrogen and oxygen atoms in total. The minimum Gasteiger partial charge on any atom is -0.378 e. The fraction of sp³-hybridized carbons (Fsp3) is 0.909. The highest BCUT2D eigenvalue weighted by atomic mass is 19.4. The summed E-state index contributed by atoms with van der Waals surface area (Å²) in [7, 11) is 0. The number of piperidine rings is 1. The third-order valence-electron chi connectivity index (χ3n) is 3.06. The molecule has 0 aromatic carbocycles. The average Bonchev–Trinajstić information content (AvgIpc) is 2.37. The first kappa shape index (κ1) is 17.1. The zero-order valence-electron chi connectivity index (χ0n) is 10.8. The van der Waals surface area contributed by atoms with Crippen molar-refractivity contribution in [1.82, 2.24) is 4.90 Å². The molecule has 1 saturated heterocycles. The van der Waals surface area contributed by atoms with Crippen LogP contribution in [0.25, 0.3) is 0 Å². The molecule has 1 rings (SSSR count). The summed E-state index contributed by atoms with van der Waals surface area (Å²) in [6.45, 7) is 0.526. The van der Waals surface area contributed by atoms with E-state index in [1.165, 1.54) is 0 Å². The Labute approximate surface area is 113 Å². The quantitative estimate of drug-likeness (QED) is 0.619. The van der Waals surface area contributed by atoms with Gasteiger partial charge in [-0.25, -0.2) is 0 Å². The molecule has 1 heterocycles. The van der Waals surface area contributed by atoms with Gasteiger partial charge in [-0.15, -0.1) is 0 Å². The van der Waals surface area contributed by atoms with Crippen molar-refractivity contribution < 1.29 is 31.5 Å². The predicted molar refractivity (Wildman–Crippen MR) is 60.2 cm³/mol. The Kier molecular flexibility index (Phi) is 5.69. The average molecular weight is 304 g/mol. The van der Waals surface area contributed by atoms with Crippen LogP contribution in [0.15, 0.2) is 0 Å². The number of halogens is 5. The molecular formula is C11H17F5N2O2. The van der Waals surface area contributed by atoms with Crippen molar-refractivity contribution in [2.75, 3.05) is 26.2 Å². The number of carbonyl (C=O) groups is 1. The summed E-state index contributed by atoms with van der Waals surface area (Å²) < 4.78 is 67.4. The maximum Gasteiger partial charge on any atom is 0.463 e. The predicted octanol–water partition coefficient (Wildman–Crippen LogP) is 1.54. The van der Waals surface area contributed by atoms with E-state index in [1.807, 2.05) is 0 Å². The Morgan fingerprint density at radius 2 is 1.75 bits per heavy atom. The first-order valence-electron chi connectivity index (χ1n) is 6.25. The van der Waals surface area contributed by atoms with E-state index in [1.54, 1.807) is 0 Å². The van der Waals surface area contributed by atoms with E-state index in [9.17, 15) is 26.7 Å². The van der Waals surface area contributed by atoms with Gasteiger partial charge in [-0.05, 0) is 25.8 Å². The van der Waals surface area contributed by atoms with Gasteiger partial charge in [0.1, 0.15) is 0 Å². The van der Waals surface area contributed by atoms with Crippen LogP contribution in [0.5, 0.6) is 0 Å². The highest BCUT2D eigenvalue weighted by Crippen LogP contribution is 2.37. The normalized spacial score (nSPS) is 18.4. The highest BCUT2D eigenvalue weighted by molar-refractivity contribution is 5.84. The standard InChI is InChI=1S/C11H17F5N2O2/c12-10(13,11(14,15)16)9(19)18-5-2-8(3-6-18)20-7-1-4-17/h8H,1-7,17H2. The van der Waals surface area contributed by atoms with E-state index >= 15 is 0 Å². The number of likely N-dealkylation sites (tertiary alicyclic amines) is 1. The van der Waals surface area contributed by atoms with Gasteiger partial charge >= 0.3 is 18.0 Å². The van der Waals surface area contributed by atoms with Gasteiger partial charge in [0, 0.05) is 19.7 Å². The summed E-state index contributed by atoms with van der Waals surface area (Å²) in [6.07, 6.45) is -4.97. The molecule has 20 heavy (non-hydrogen) atoms. The molecule has 0 atom stereocenters.